The zero-order valence-electron chi connectivity index (χ0n) is 11.1. The normalized spacial score (nSPS) is 15.1. The van der Waals surface area contributed by atoms with Crippen LogP contribution in [0.1, 0.15) is 27.2 Å². The van der Waals surface area contributed by atoms with Crippen LogP contribution in [-0.2, 0) is 9.59 Å². The Morgan fingerprint density at radius 2 is 1.72 bits per heavy atom. The zero-order chi connectivity index (χ0) is 14.3. The lowest BCUT2D eigenvalue weighted by atomic mass is 9.99. The number of urea groups is 1. The highest BCUT2D eigenvalue weighted by molar-refractivity contribution is 5.88. The van der Waals surface area contributed by atoms with E-state index in [1.165, 1.54) is 14.0 Å². The Morgan fingerprint density at radius 1 is 1.17 bits per heavy atom. The minimum atomic E-state index is -1.09. The molecule has 0 saturated heterocycles. The van der Waals surface area contributed by atoms with Gasteiger partial charge >= 0.3 is 12.0 Å². The summed E-state index contributed by atoms with van der Waals surface area (Å²) in [4.78, 5) is 33.7. The van der Waals surface area contributed by atoms with Crippen LogP contribution in [0.25, 0.3) is 0 Å². The molecule has 0 spiro atoms. The molecule has 0 aliphatic heterocycles. The number of carboxylic acids is 1. The lowest BCUT2D eigenvalue weighted by Crippen LogP contribution is -2.53. The molecule has 0 aliphatic rings. The van der Waals surface area contributed by atoms with Crippen molar-refractivity contribution in [2.24, 2.45) is 5.92 Å². The van der Waals surface area contributed by atoms with Crippen molar-refractivity contribution >= 4 is 17.9 Å². The van der Waals surface area contributed by atoms with Gasteiger partial charge in [-0.05, 0) is 12.8 Å². The number of aliphatic carboxylic acids is 1. The van der Waals surface area contributed by atoms with E-state index < -0.39 is 24.1 Å². The Bertz CT molecular complexity index is 319. The van der Waals surface area contributed by atoms with E-state index in [0.717, 1.165) is 0 Å². The number of amides is 3. The minimum Gasteiger partial charge on any atom is -0.480 e. The fourth-order valence-electron chi connectivity index (χ4n) is 1.34. The van der Waals surface area contributed by atoms with Gasteiger partial charge in [-0.15, -0.1) is 0 Å². The predicted molar refractivity (Wildman–Crippen MR) is 66.1 cm³/mol. The van der Waals surface area contributed by atoms with Crippen LogP contribution in [0, 0.1) is 5.92 Å². The van der Waals surface area contributed by atoms with E-state index in [0.29, 0.717) is 6.42 Å². The van der Waals surface area contributed by atoms with Gasteiger partial charge in [-0.25, -0.2) is 9.59 Å². The Labute approximate surface area is 106 Å². The fourth-order valence-corrected chi connectivity index (χ4v) is 1.34. The highest BCUT2D eigenvalue weighted by Crippen LogP contribution is 2.07. The number of nitrogens with one attached hydrogen (secondary N) is 3. The van der Waals surface area contributed by atoms with E-state index in [-0.39, 0.29) is 11.8 Å². The van der Waals surface area contributed by atoms with Gasteiger partial charge in [0, 0.05) is 7.05 Å². The quantitative estimate of drug-likeness (QED) is 0.535. The van der Waals surface area contributed by atoms with Gasteiger partial charge in [-0.3, -0.25) is 4.79 Å². The number of carboxylic acid groups (broad SMARTS) is 1. The molecule has 0 radical (unpaired) electrons. The van der Waals surface area contributed by atoms with Crippen molar-refractivity contribution < 1.29 is 19.5 Å². The maximum atomic E-state index is 11.5. The molecule has 0 aromatic carbocycles. The molecule has 0 aromatic rings. The largest absolute Gasteiger partial charge is 0.480 e. The molecule has 7 heteroatoms. The van der Waals surface area contributed by atoms with E-state index in [4.69, 9.17) is 5.11 Å². The average molecular weight is 259 g/mol. The van der Waals surface area contributed by atoms with Gasteiger partial charge in [0.2, 0.25) is 5.91 Å². The molecule has 0 fully saturated rings. The predicted octanol–water partition coefficient (Wildman–Crippen LogP) is -0.0806. The monoisotopic (exact) mass is 259 g/mol. The highest BCUT2D eigenvalue weighted by atomic mass is 16.4. The van der Waals surface area contributed by atoms with Crippen molar-refractivity contribution in [3.63, 3.8) is 0 Å². The van der Waals surface area contributed by atoms with Crippen molar-refractivity contribution in [3.8, 4) is 0 Å². The van der Waals surface area contributed by atoms with Gasteiger partial charge in [0.05, 0.1) is 0 Å². The molecule has 3 atom stereocenters. The van der Waals surface area contributed by atoms with Crippen molar-refractivity contribution in [2.75, 3.05) is 7.05 Å². The smallest absolute Gasteiger partial charge is 0.326 e. The molecule has 0 saturated carbocycles. The molecule has 3 amide bonds. The molecule has 0 aromatic heterocycles. The topological polar surface area (TPSA) is 108 Å². The third-order valence-corrected chi connectivity index (χ3v) is 2.75. The second-order valence-electron chi connectivity index (χ2n) is 4.16. The van der Waals surface area contributed by atoms with Crippen molar-refractivity contribution in [3.05, 3.63) is 0 Å². The second kappa shape index (κ2) is 7.52. The molecule has 7 nitrogen and oxygen atoms in total. The van der Waals surface area contributed by atoms with E-state index in [1.54, 1.807) is 6.92 Å². The van der Waals surface area contributed by atoms with E-state index in [2.05, 4.69) is 16.0 Å². The lowest BCUT2D eigenvalue weighted by molar-refractivity contribution is -0.140. The summed E-state index contributed by atoms with van der Waals surface area (Å²) in [6.45, 7) is 5.09. The van der Waals surface area contributed by atoms with Gasteiger partial charge in [0.1, 0.15) is 12.1 Å². The highest BCUT2D eigenvalue weighted by Gasteiger charge is 2.26. The van der Waals surface area contributed by atoms with Crippen LogP contribution in [0.15, 0.2) is 0 Å². The number of likely N-dealkylation sites (N-methyl/N-ethyl adjacent to an activating group) is 1. The summed E-state index contributed by atoms with van der Waals surface area (Å²) in [6.07, 6.45) is 0.627. The zero-order valence-corrected chi connectivity index (χ0v) is 11.1. The number of carbonyl (C=O) groups is 3. The van der Waals surface area contributed by atoms with E-state index in [1.807, 2.05) is 6.92 Å². The third-order valence-electron chi connectivity index (χ3n) is 2.75. The average Bonchev–Trinajstić information content (AvgIpc) is 2.33. The first-order valence-corrected chi connectivity index (χ1v) is 5.84. The molecule has 104 valence electrons. The van der Waals surface area contributed by atoms with Crippen molar-refractivity contribution in [1.82, 2.24) is 16.0 Å². The molecule has 0 aliphatic carbocycles. The maximum Gasteiger partial charge on any atom is 0.326 e. The van der Waals surface area contributed by atoms with Crippen LogP contribution in [-0.4, -0.2) is 42.1 Å². The van der Waals surface area contributed by atoms with E-state index in [9.17, 15) is 14.4 Å². The van der Waals surface area contributed by atoms with Crippen LogP contribution in [0.2, 0.25) is 0 Å². The van der Waals surface area contributed by atoms with Gasteiger partial charge < -0.3 is 21.1 Å². The van der Waals surface area contributed by atoms with Gasteiger partial charge in [0.25, 0.3) is 0 Å². The number of rotatable bonds is 6. The first-order valence-electron chi connectivity index (χ1n) is 5.84. The first kappa shape index (κ1) is 16.2. The summed E-state index contributed by atoms with van der Waals surface area (Å²) >= 11 is 0. The standard InChI is InChI=1S/C11H21N3O4/c1-5-6(2)8(10(16)17)14-11(18)13-7(3)9(15)12-4/h6-8H,5H2,1-4H3,(H,12,15)(H,16,17)(H2,13,14,18)/t6?,7?,8-/m0/s1. The maximum absolute atomic E-state index is 11.5. The molecule has 4 N–H and O–H groups in total. The van der Waals surface area contributed by atoms with Gasteiger partial charge in [0.15, 0.2) is 0 Å². The summed E-state index contributed by atoms with van der Waals surface area (Å²) < 4.78 is 0. The Morgan fingerprint density at radius 3 is 2.11 bits per heavy atom. The SMILES string of the molecule is CCC(C)[C@H](NC(=O)NC(C)C(=O)NC)C(=O)O. The van der Waals surface area contributed by atoms with Crippen LogP contribution >= 0.6 is 0 Å². The number of hydrogen-bond donors (Lipinski definition) is 4. The molecule has 0 bridgehead atoms. The van der Waals surface area contributed by atoms with Crippen LogP contribution in [0.4, 0.5) is 4.79 Å². The molecular formula is C11H21N3O4. The van der Waals surface area contributed by atoms with Crippen LogP contribution in [0.3, 0.4) is 0 Å². The van der Waals surface area contributed by atoms with E-state index >= 15 is 0 Å². The van der Waals surface area contributed by atoms with Crippen LogP contribution < -0.4 is 16.0 Å². The Kier molecular flexibility index (Phi) is 6.77. The lowest BCUT2D eigenvalue weighted by Gasteiger charge is -2.21. The fraction of sp³-hybridized carbons (Fsp3) is 0.727. The van der Waals surface area contributed by atoms with Gasteiger partial charge in [-0.1, -0.05) is 20.3 Å². The summed E-state index contributed by atoms with van der Waals surface area (Å²) in [5.41, 5.74) is 0. The summed E-state index contributed by atoms with van der Waals surface area (Å²) in [5, 5.41) is 16.1. The van der Waals surface area contributed by atoms with Crippen molar-refractivity contribution in [1.29, 1.82) is 0 Å². The second-order valence-corrected chi connectivity index (χ2v) is 4.16. The Balaban J connectivity index is 4.44. The molecule has 0 rings (SSSR count). The molecule has 0 heterocycles. The van der Waals surface area contributed by atoms with Crippen LogP contribution in [0.5, 0.6) is 0 Å². The molecule has 18 heavy (non-hydrogen) atoms. The van der Waals surface area contributed by atoms with Gasteiger partial charge in [-0.2, -0.15) is 0 Å². The number of carbonyl (C=O) groups excluding carboxylic acids is 2. The summed E-state index contributed by atoms with van der Waals surface area (Å²) in [6, 6.07) is -2.35. The molecular weight excluding hydrogens is 238 g/mol. The summed E-state index contributed by atoms with van der Waals surface area (Å²) in [5.74, 6) is -1.63. The van der Waals surface area contributed by atoms with Crippen molar-refractivity contribution in [2.45, 2.75) is 39.3 Å². The summed E-state index contributed by atoms with van der Waals surface area (Å²) in [7, 11) is 1.46. The minimum absolute atomic E-state index is 0.191. The first-order chi connectivity index (χ1) is 8.33. The molecule has 2 unspecified atom stereocenters. The number of hydrogen-bond acceptors (Lipinski definition) is 3. The Hall–Kier alpha value is -1.79. The third kappa shape index (κ3) is 5.03.